The number of anilines is 1. The standard InChI is InChI=1S/C35H41NO10S/c1-23(43-17-15-26(37)20-46-35(41)24-8-10-25(11-9-24)36(2)3)14-16-42-19-27(38)21-45-33(39)22-44-28-12-13-32-30(18-28)34(40)29-6-4-5-7-31(29)47-32/h4-13,18,23,26-27,37-38H,14-17,19-22H2,1-3H3. The Balaban J connectivity index is 1.04. The molecule has 0 radical (unpaired) electrons. The molecule has 252 valence electrons. The fourth-order valence-corrected chi connectivity index (χ4v) is 5.54. The molecule has 3 aromatic carbocycles. The smallest absolute Gasteiger partial charge is 0.344 e. The van der Waals surface area contributed by atoms with Crippen molar-refractivity contribution in [2.75, 3.05) is 58.6 Å². The van der Waals surface area contributed by atoms with E-state index in [4.69, 9.17) is 23.7 Å². The van der Waals surface area contributed by atoms with Gasteiger partial charge in [0.25, 0.3) is 0 Å². The normalized spacial score (nSPS) is 13.2. The Bertz CT molecular complexity index is 1670. The molecular weight excluding hydrogens is 626 g/mol. The number of aliphatic hydroxyl groups excluding tert-OH is 2. The van der Waals surface area contributed by atoms with Crippen molar-refractivity contribution in [3.63, 3.8) is 0 Å². The van der Waals surface area contributed by atoms with Crippen LogP contribution in [-0.4, -0.2) is 94.2 Å². The second-order valence-electron chi connectivity index (χ2n) is 11.2. The lowest BCUT2D eigenvalue weighted by molar-refractivity contribution is -0.150. The van der Waals surface area contributed by atoms with Gasteiger partial charge in [-0.15, -0.1) is 11.3 Å². The van der Waals surface area contributed by atoms with Gasteiger partial charge < -0.3 is 38.8 Å². The summed E-state index contributed by atoms with van der Waals surface area (Å²) in [6, 6.07) is 19.5. The number of nitrogens with zero attached hydrogens (tertiary/aromatic N) is 1. The van der Waals surface area contributed by atoms with Crippen LogP contribution in [0.5, 0.6) is 5.75 Å². The van der Waals surface area contributed by atoms with E-state index in [0.29, 0.717) is 41.5 Å². The van der Waals surface area contributed by atoms with Crippen molar-refractivity contribution in [2.45, 2.75) is 38.1 Å². The molecule has 0 saturated carbocycles. The Kier molecular flexibility index (Phi) is 13.5. The molecule has 47 heavy (non-hydrogen) atoms. The minimum absolute atomic E-state index is 0.0329. The summed E-state index contributed by atoms with van der Waals surface area (Å²) in [5.41, 5.74) is 1.28. The summed E-state index contributed by atoms with van der Waals surface area (Å²) >= 11 is 1.51. The van der Waals surface area contributed by atoms with E-state index in [9.17, 15) is 24.6 Å². The molecule has 3 atom stereocenters. The van der Waals surface area contributed by atoms with Gasteiger partial charge in [0.05, 0.1) is 24.4 Å². The lowest BCUT2D eigenvalue weighted by atomic mass is 10.2. The molecule has 4 aromatic rings. The Morgan fingerprint density at radius 2 is 1.55 bits per heavy atom. The summed E-state index contributed by atoms with van der Waals surface area (Å²) in [6.07, 6.45) is -1.20. The molecule has 0 amide bonds. The number of hydrogen-bond donors (Lipinski definition) is 2. The minimum Gasteiger partial charge on any atom is -0.482 e. The first kappa shape index (κ1) is 35.8. The highest BCUT2D eigenvalue weighted by Crippen LogP contribution is 2.27. The van der Waals surface area contributed by atoms with Crippen LogP contribution in [-0.2, 0) is 23.7 Å². The van der Waals surface area contributed by atoms with E-state index in [1.165, 1.54) is 11.3 Å². The molecular formula is C35H41NO10S. The number of aliphatic hydroxyl groups is 2. The number of fused-ring (bicyclic) bond motifs is 2. The van der Waals surface area contributed by atoms with Gasteiger partial charge in [-0.05, 0) is 67.9 Å². The second kappa shape index (κ2) is 17.7. The van der Waals surface area contributed by atoms with Crippen LogP contribution < -0.4 is 15.1 Å². The number of ether oxygens (including phenoxy) is 5. The van der Waals surface area contributed by atoms with Gasteiger partial charge in [0, 0.05) is 59.6 Å². The lowest BCUT2D eigenvalue weighted by Crippen LogP contribution is -2.26. The predicted molar refractivity (Wildman–Crippen MR) is 181 cm³/mol. The van der Waals surface area contributed by atoms with Crippen molar-refractivity contribution in [1.82, 2.24) is 0 Å². The van der Waals surface area contributed by atoms with E-state index in [0.717, 1.165) is 15.1 Å². The number of carbonyl (C=O) groups is 2. The SMILES string of the molecule is CC(CCOCC(O)COC(=O)COc1ccc2sc3ccccc3c(=O)c2c1)OCCC(O)COC(=O)c1ccc(N(C)C)cc1. The maximum absolute atomic E-state index is 12.9. The van der Waals surface area contributed by atoms with Crippen LogP contribution in [0.15, 0.2) is 71.5 Å². The third kappa shape index (κ3) is 11.0. The van der Waals surface area contributed by atoms with Gasteiger partial charge in [-0.2, -0.15) is 0 Å². The maximum atomic E-state index is 12.9. The molecule has 3 unspecified atom stereocenters. The average Bonchev–Trinajstić information content (AvgIpc) is 3.07. The summed E-state index contributed by atoms with van der Waals surface area (Å²) in [5, 5.41) is 21.4. The van der Waals surface area contributed by atoms with Crippen LogP contribution in [0.1, 0.15) is 30.1 Å². The molecule has 0 fully saturated rings. The van der Waals surface area contributed by atoms with Crippen molar-refractivity contribution in [3.8, 4) is 5.75 Å². The number of benzene rings is 3. The van der Waals surface area contributed by atoms with Gasteiger partial charge in [-0.1, -0.05) is 12.1 Å². The minimum atomic E-state index is -1.02. The number of rotatable bonds is 18. The Hall–Kier alpha value is -4.07. The zero-order valence-electron chi connectivity index (χ0n) is 26.8. The number of esters is 2. The molecule has 1 heterocycles. The van der Waals surface area contributed by atoms with E-state index in [1.54, 1.807) is 36.4 Å². The number of carbonyl (C=O) groups excluding carboxylic acids is 2. The van der Waals surface area contributed by atoms with E-state index >= 15 is 0 Å². The Morgan fingerprint density at radius 3 is 2.32 bits per heavy atom. The van der Waals surface area contributed by atoms with Crippen molar-refractivity contribution >= 4 is 49.1 Å². The van der Waals surface area contributed by atoms with Gasteiger partial charge >= 0.3 is 11.9 Å². The molecule has 0 aliphatic heterocycles. The highest BCUT2D eigenvalue weighted by atomic mass is 32.1. The summed E-state index contributed by atoms with van der Waals surface area (Å²) in [7, 11) is 3.82. The highest BCUT2D eigenvalue weighted by molar-refractivity contribution is 7.24. The van der Waals surface area contributed by atoms with E-state index in [-0.39, 0.29) is 44.6 Å². The molecule has 0 aliphatic rings. The molecule has 0 bridgehead atoms. The molecule has 1 aromatic heterocycles. The molecule has 0 aliphatic carbocycles. The lowest BCUT2D eigenvalue weighted by Gasteiger charge is -2.17. The molecule has 2 N–H and O–H groups in total. The maximum Gasteiger partial charge on any atom is 0.344 e. The third-order valence-electron chi connectivity index (χ3n) is 7.20. The van der Waals surface area contributed by atoms with Crippen LogP contribution in [0, 0.1) is 0 Å². The third-order valence-corrected chi connectivity index (χ3v) is 8.35. The van der Waals surface area contributed by atoms with E-state index in [2.05, 4.69) is 0 Å². The summed E-state index contributed by atoms with van der Waals surface area (Å²) in [4.78, 5) is 39.1. The van der Waals surface area contributed by atoms with Gasteiger partial charge in [-0.3, -0.25) is 4.79 Å². The molecule has 4 rings (SSSR count). The molecule has 11 nitrogen and oxygen atoms in total. The second-order valence-corrected chi connectivity index (χ2v) is 12.3. The van der Waals surface area contributed by atoms with Gasteiger partial charge in [-0.25, -0.2) is 9.59 Å². The molecule has 0 spiro atoms. The molecule has 0 saturated heterocycles. The van der Waals surface area contributed by atoms with E-state index < -0.39 is 24.1 Å². The van der Waals surface area contributed by atoms with Crippen LogP contribution >= 0.6 is 11.3 Å². The van der Waals surface area contributed by atoms with Crippen LogP contribution in [0.25, 0.3) is 20.2 Å². The summed E-state index contributed by atoms with van der Waals surface area (Å²) in [5.74, 6) is -0.791. The first-order valence-corrected chi connectivity index (χ1v) is 16.2. The van der Waals surface area contributed by atoms with Crippen LogP contribution in [0.4, 0.5) is 5.69 Å². The summed E-state index contributed by atoms with van der Waals surface area (Å²) in [6.45, 7) is 1.65. The Morgan fingerprint density at radius 1 is 0.830 bits per heavy atom. The van der Waals surface area contributed by atoms with Crippen LogP contribution in [0.3, 0.4) is 0 Å². The molecule has 12 heteroatoms. The fourth-order valence-electron chi connectivity index (χ4n) is 4.48. The van der Waals surface area contributed by atoms with Crippen molar-refractivity contribution < 1.29 is 43.5 Å². The van der Waals surface area contributed by atoms with Gasteiger partial charge in [0.1, 0.15) is 25.1 Å². The number of hydrogen-bond acceptors (Lipinski definition) is 12. The fraction of sp³-hybridized carbons (Fsp3) is 0.400. The van der Waals surface area contributed by atoms with Gasteiger partial charge in [0.15, 0.2) is 12.0 Å². The largest absolute Gasteiger partial charge is 0.482 e. The van der Waals surface area contributed by atoms with Crippen molar-refractivity contribution in [1.29, 1.82) is 0 Å². The quantitative estimate of drug-likeness (QED) is 0.0897. The van der Waals surface area contributed by atoms with Crippen LogP contribution in [0.2, 0.25) is 0 Å². The monoisotopic (exact) mass is 667 g/mol. The predicted octanol–water partition coefficient (Wildman–Crippen LogP) is 4.18. The van der Waals surface area contributed by atoms with Crippen molar-refractivity contribution in [2.24, 2.45) is 0 Å². The topological polar surface area (TPSA) is 141 Å². The Labute approximate surface area is 277 Å². The highest BCUT2D eigenvalue weighted by Gasteiger charge is 2.14. The summed E-state index contributed by atoms with van der Waals surface area (Å²) < 4.78 is 28.7. The van der Waals surface area contributed by atoms with Gasteiger partial charge in [0.2, 0.25) is 0 Å². The first-order valence-electron chi connectivity index (χ1n) is 15.3. The zero-order chi connectivity index (χ0) is 33.8. The average molecular weight is 668 g/mol. The zero-order valence-corrected chi connectivity index (χ0v) is 27.6. The van der Waals surface area contributed by atoms with Crippen molar-refractivity contribution in [3.05, 3.63) is 82.5 Å². The first-order chi connectivity index (χ1) is 22.6. The van der Waals surface area contributed by atoms with E-state index in [1.807, 2.05) is 56.3 Å².